The second kappa shape index (κ2) is 11.3. The Bertz CT molecular complexity index is 1110. The van der Waals surface area contributed by atoms with E-state index in [1.54, 1.807) is 14.2 Å². The second-order valence-electron chi connectivity index (χ2n) is 8.26. The lowest BCUT2D eigenvalue weighted by molar-refractivity contribution is -0.118. The minimum atomic E-state index is -0.0715. The van der Waals surface area contributed by atoms with Gasteiger partial charge in [0, 0.05) is 19.6 Å². The molecule has 1 saturated heterocycles. The number of amides is 1. The van der Waals surface area contributed by atoms with E-state index >= 15 is 0 Å². The van der Waals surface area contributed by atoms with E-state index in [0.717, 1.165) is 43.1 Å². The third-order valence-electron chi connectivity index (χ3n) is 5.82. The van der Waals surface area contributed by atoms with Crippen LogP contribution in [-0.2, 0) is 11.3 Å². The first-order chi connectivity index (χ1) is 16.6. The van der Waals surface area contributed by atoms with Crippen LogP contribution < -0.4 is 19.7 Å². The lowest BCUT2D eigenvalue weighted by Gasteiger charge is -2.27. The Hall–Kier alpha value is -3.20. The normalized spacial score (nSPS) is 13.6. The molecule has 180 valence electrons. The fourth-order valence-electron chi connectivity index (χ4n) is 3.95. The summed E-state index contributed by atoms with van der Waals surface area (Å²) in [6.07, 6.45) is 3.56. The van der Waals surface area contributed by atoms with E-state index in [-0.39, 0.29) is 11.7 Å². The number of benzene rings is 2. The van der Waals surface area contributed by atoms with Crippen molar-refractivity contribution in [1.29, 1.82) is 0 Å². The van der Waals surface area contributed by atoms with Gasteiger partial charge in [0.1, 0.15) is 0 Å². The average Bonchev–Trinajstić information content (AvgIpc) is 3.31. The van der Waals surface area contributed by atoms with Crippen LogP contribution in [-0.4, -0.2) is 53.7 Å². The number of aromatic nitrogens is 3. The van der Waals surface area contributed by atoms with Crippen molar-refractivity contribution in [2.75, 3.05) is 38.0 Å². The molecule has 8 nitrogen and oxygen atoms in total. The fourth-order valence-corrected chi connectivity index (χ4v) is 4.72. The molecule has 0 atom stereocenters. The number of hydrogen-bond acceptors (Lipinski definition) is 7. The molecule has 1 fully saturated rings. The van der Waals surface area contributed by atoms with Crippen molar-refractivity contribution < 1.29 is 14.3 Å². The third kappa shape index (κ3) is 5.64. The standard InChI is InChI=1S/C25H31N5O3S/c1-18-7-10-20(11-8-18)30-24(29-13-5-4-6-14-29)27-28-25(30)34-17-23(31)26-16-19-9-12-21(32-2)22(15-19)33-3/h7-12,15H,4-6,13-14,16-17H2,1-3H3,(H,26,31). The van der Waals surface area contributed by atoms with Crippen LogP contribution in [0.4, 0.5) is 5.95 Å². The first kappa shape index (κ1) is 23.9. The molecule has 1 amide bonds. The Morgan fingerprint density at radius 3 is 2.44 bits per heavy atom. The Morgan fingerprint density at radius 1 is 1.00 bits per heavy atom. The van der Waals surface area contributed by atoms with E-state index in [9.17, 15) is 4.79 Å². The van der Waals surface area contributed by atoms with Gasteiger partial charge in [-0.3, -0.25) is 9.36 Å². The monoisotopic (exact) mass is 481 g/mol. The molecule has 0 spiro atoms. The highest BCUT2D eigenvalue weighted by Crippen LogP contribution is 2.29. The lowest BCUT2D eigenvalue weighted by atomic mass is 10.1. The summed E-state index contributed by atoms with van der Waals surface area (Å²) < 4.78 is 12.7. The van der Waals surface area contributed by atoms with Gasteiger partial charge in [0.15, 0.2) is 16.7 Å². The van der Waals surface area contributed by atoms with Crippen LogP contribution in [0.15, 0.2) is 47.6 Å². The number of rotatable bonds is 9. The molecule has 4 rings (SSSR count). The number of thioether (sulfide) groups is 1. The Morgan fingerprint density at radius 2 is 1.74 bits per heavy atom. The van der Waals surface area contributed by atoms with Gasteiger partial charge in [-0.2, -0.15) is 0 Å². The van der Waals surface area contributed by atoms with E-state index in [2.05, 4.69) is 56.2 Å². The van der Waals surface area contributed by atoms with Gasteiger partial charge in [-0.1, -0.05) is 35.5 Å². The average molecular weight is 482 g/mol. The number of ether oxygens (including phenoxy) is 2. The quantitative estimate of drug-likeness (QED) is 0.463. The Balaban J connectivity index is 1.44. The predicted octanol–water partition coefficient (Wildman–Crippen LogP) is 3.99. The molecule has 2 heterocycles. The summed E-state index contributed by atoms with van der Waals surface area (Å²) in [7, 11) is 3.20. The van der Waals surface area contributed by atoms with Crippen molar-refractivity contribution >= 4 is 23.6 Å². The fraction of sp³-hybridized carbons (Fsp3) is 0.400. The second-order valence-corrected chi connectivity index (χ2v) is 9.20. The van der Waals surface area contributed by atoms with E-state index in [0.29, 0.717) is 23.2 Å². The molecular formula is C25H31N5O3S. The van der Waals surface area contributed by atoms with Crippen LogP contribution in [0.1, 0.15) is 30.4 Å². The summed E-state index contributed by atoms with van der Waals surface area (Å²) in [5, 5.41) is 12.6. The van der Waals surface area contributed by atoms with Gasteiger partial charge >= 0.3 is 0 Å². The molecule has 0 aliphatic carbocycles. The maximum Gasteiger partial charge on any atom is 0.232 e. The molecule has 1 aliphatic heterocycles. The van der Waals surface area contributed by atoms with Crippen molar-refractivity contribution in [3.63, 3.8) is 0 Å². The van der Waals surface area contributed by atoms with Gasteiger partial charge in [-0.05, 0) is 56.0 Å². The molecule has 2 aromatic carbocycles. The number of hydrogen-bond donors (Lipinski definition) is 1. The zero-order chi connectivity index (χ0) is 23.9. The van der Waals surface area contributed by atoms with Gasteiger partial charge in [-0.15, -0.1) is 10.2 Å². The lowest BCUT2D eigenvalue weighted by Crippen LogP contribution is -2.31. The van der Waals surface area contributed by atoms with Crippen molar-refractivity contribution in [1.82, 2.24) is 20.1 Å². The smallest absolute Gasteiger partial charge is 0.232 e. The SMILES string of the molecule is COc1ccc(CNC(=O)CSc2nnc(N3CCCCC3)n2-c2ccc(C)cc2)cc1OC. The molecule has 0 bridgehead atoms. The van der Waals surface area contributed by atoms with Crippen molar-refractivity contribution in [2.24, 2.45) is 0 Å². The van der Waals surface area contributed by atoms with Gasteiger partial charge in [-0.25, -0.2) is 0 Å². The van der Waals surface area contributed by atoms with E-state index in [4.69, 9.17) is 9.47 Å². The van der Waals surface area contributed by atoms with Crippen LogP contribution in [0, 0.1) is 6.92 Å². The maximum atomic E-state index is 12.6. The van der Waals surface area contributed by atoms with Gasteiger partial charge in [0.2, 0.25) is 11.9 Å². The van der Waals surface area contributed by atoms with E-state index in [1.165, 1.54) is 23.7 Å². The summed E-state index contributed by atoms with van der Waals surface area (Å²) >= 11 is 1.39. The Kier molecular flexibility index (Phi) is 7.95. The molecule has 0 unspecified atom stereocenters. The summed E-state index contributed by atoms with van der Waals surface area (Å²) in [5.41, 5.74) is 3.13. The van der Waals surface area contributed by atoms with Crippen molar-refractivity contribution in [3.05, 3.63) is 53.6 Å². The van der Waals surface area contributed by atoms with Gasteiger partial charge in [0.25, 0.3) is 0 Å². The first-order valence-corrected chi connectivity index (χ1v) is 12.5. The highest BCUT2D eigenvalue weighted by Gasteiger charge is 2.22. The van der Waals surface area contributed by atoms with Crippen molar-refractivity contribution in [3.8, 4) is 17.2 Å². The van der Waals surface area contributed by atoms with Gasteiger partial charge in [0.05, 0.1) is 25.7 Å². The van der Waals surface area contributed by atoms with Crippen LogP contribution in [0.3, 0.4) is 0 Å². The number of carbonyl (C=O) groups excluding carboxylic acids is 1. The molecule has 34 heavy (non-hydrogen) atoms. The van der Waals surface area contributed by atoms with E-state index in [1.807, 2.05) is 18.2 Å². The molecule has 0 radical (unpaired) electrons. The molecule has 1 N–H and O–H groups in total. The van der Waals surface area contributed by atoms with E-state index < -0.39 is 0 Å². The van der Waals surface area contributed by atoms with Crippen LogP contribution >= 0.6 is 11.8 Å². The minimum absolute atomic E-state index is 0.0715. The summed E-state index contributed by atoms with van der Waals surface area (Å²) in [5.74, 6) is 2.32. The molecular weight excluding hydrogens is 450 g/mol. The minimum Gasteiger partial charge on any atom is -0.493 e. The number of aryl methyl sites for hydroxylation is 1. The van der Waals surface area contributed by atoms with Gasteiger partial charge < -0.3 is 19.7 Å². The highest BCUT2D eigenvalue weighted by molar-refractivity contribution is 7.99. The predicted molar refractivity (Wildman–Crippen MR) is 134 cm³/mol. The first-order valence-electron chi connectivity index (χ1n) is 11.5. The zero-order valence-corrected chi connectivity index (χ0v) is 20.7. The summed E-state index contributed by atoms with van der Waals surface area (Å²) in [4.78, 5) is 14.9. The molecule has 3 aromatic rings. The van der Waals surface area contributed by atoms with Crippen LogP contribution in [0.2, 0.25) is 0 Å². The largest absolute Gasteiger partial charge is 0.493 e. The topological polar surface area (TPSA) is 81.5 Å². The molecule has 1 aliphatic rings. The maximum absolute atomic E-state index is 12.6. The molecule has 1 aromatic heterocycles. The molecule has 9 heteroatoms. The number of methoxy groups -OCH3 is 2. The summed E-state index contributed by atoms with van der Waals surface area (Å²) in [6, 6.07) is 13.9. The summed E-state index contributed by atoms with van der Waals surface area (Å²) in [6.45, 7) is 4.42. The molecule has 0 saturated carbocycles. The third-order valence-corrected chi connectivity index (χ3v) is 6.75. The number of carbonyl (C=O) groups is 1. The number of piperidine rings is 1. The zero-order valence-electron chi connectivity index (χ0n) is 19.9. The van der Waals surface area contributed by atoms with Crippen molar-refractivity contribution in [2.45, 2.75) is 37.9 Å². The number of anilines is 1. The Labute approximate surface area is 204 Å². The van der Waals surface area contributed by atoms with Crippen LogP contribution in [0.25, 0.3) is 5.69 Å². The number of nitrogens with zero attached hydrogens (tertiary/aromatic N) is 4. The highest BCUT2D eigenvalue weighted by atomic mass is 32.2. The number of nitrogens with one attached hydrogen (secondary N) is 1. The van der Waals surface area contributed by atoms with Crippen LogP contribution in [0.5, 0.6) is 11.5 Å².